The maximum Gasteiger partial charge on any atom is 0.217 e. The monoisotopic (exact) mass is 543 g/mol. The second-order valence-electron chi connectivity index (χ2n) is 10.6. The molecule has 2 aliphatic heterocycles. The molecule has 0 saturated carbocycles. The number of carbonyl (C=O) groups is 1. The smallest absolute Gasteiger partial charge is 0.217 e. The minimum absolute atomic E-state index is 0.123. The number of aryl methyl sites for hydroxylation is 1. The first-order valence-electron chi connectivity index (χ1n) is 13.2. The van der Waals surface area contributed by atoms with Gasteiger partial charge in [-0.15, -0.1) is 0 Å². The van der Waals surface area contributed by atoms with Crippen molar-refractivity contribution in [1.29, 1.82) is 0 Å². The number of primary amides is 1. The maximum absolute atomic E-state index is 11.3. The Hall–Kier alpha value is -2.42. The highest BCUT2D eigenvalue weighted by Crippen LogP contribution is 2.34. The van der Waals surface area contributed by atoms with E-state index in [1.807, 2.05) is 29.9 Å². The summed E-state index contributed by atoms with van der Waals surface area (Å²) in [7, 11) is 0. The summed E-state index contributed by atoms with van der Waals surface area (Å²) in [6, 6.07) is 6.39. The zero-order valence-electron chi connectivity index (χ0n) is 21.7. The number of nitrogens with two attached hydrogens (primary N) is 1. The summed E-state index contributed by atoms with van der Waals surface area (Å²) in [5.74, 6) is 1.14. The predicted octanol–water partition coefficient (Wildman–Crippen LogP) is 5.00. The predicted molar refractivity (Wildman–Crippen MR) is 148 cm³/mol. The number of fused-ring (bicyclic) bond motifs is 1. The highest BCUT2D eigenvalue weighted by Gasteiger charge is 2.37. The summed E-state index contributed by atoms with van der Waals surface area (Å²) < 4.78 is 1.92. The molecule has 0 unspecified atom stereocenters. The molecular weight excluding hydrogens is 509 g/mol. The molecule has 3 aromatic rings. The van der Waals surface area contributed by atoms with Crippen LogP contribution in [0, 0.1) is 12.8 Å². The Balaban J connectivity index is 1.36. The van der Waals surface area contributed by atoms with E-state index < -0.39 is 0 Å². The van der Waals surface area contributed by atoms with E-state index in [-0.39, 0.29) is 11.9 Å². The minimum atomic E-state index is -0.203. The van der Waals surface area contributed by atoms with E-state index in [9.17, 15) is 4.79 Å². The van der Waals surface area contributed by atoms with Crippen molar-refractivity contribution in [2.75, 3.05) is 24.5 Å². The number of carbonyl (C=O) groups excluding carboxylic acids is 1. The zero-order chi connectivity index (χ0) is 26.3. The van der Waals surface area contributed by atoms with Crippen LogP contribution in [0.1, 0.15) is 63.3 Å². The van der Waals surface area contributed by atoms with Crippen molar-refractivity contribution >= 4 is 46.1 Å². The standard InChI is InChI=1S/C27H35Cl2N7O/c1-16-15-34(12-10-23(16)35-11-4-5-20(35)7-9-24(30)37)25-14-31-26-17(2)33-36(27(26)32-25)18(3)21-8-6-19(28)13-22(21)29/h6,8,13-14,16,18,20,23H,4-5,7,9-12,15H2,1-3H3,(H2,30,37)/t16-,18-,20+,23+/m1/s1. The number of amides is 1. The number of hydrogen-bond acceptors (Lipinski definition) is 6. The molecule has 0 aliphatic carbocycles. The van der Waals surface area contributed by atoms with E-state index in [1.165, 1.54) is 6.42 Å². The minimum Gasteiger partial charge on any atom is -0.370 e. The molecule has 2 saturated heterocycles. The molecule has 2 N–H and O–H groups in total. The first-order chi connectivity index (χ1) is 17.7. The summed E-state index contributed by atoms with van der Waals surface area (Å²) in [5, 5.41) is 5.99. The number of piperidine rings is 1. The van der Waals surface area contributed by atoms with Crippen LogP contribution in [-0.2, 0) is 4.79 Å². The van der Waals surface area contributed by atoms with Crippen molar-refractivity contribution in [2.45, 2.75) is 71.0 Å². The van der Waals surface area contributed by atoms with E-state index in [0.717, 1.165) is 67.1 Å². The van der Waals surface area contributed by atoms with Crippen LogP contribution in [0.25, 0.3) is 11.2 Å². The lowest BCUT2D eigenvalue weighted by molar-refractivity contribution is -0.118. The van der Waals surface area contributed by atoms with Gasteiger partial charge < -0.3 is 10.6 Å². The van der Waals surface area contributed by atoms with Crippen molar-refractivity contribution in [3.8, 4) is 0 Å². The largest absolute Gasteiger partial charge is 0.370 e. The number of aromatic nitrogens is 4. The van der Waals surface area contributed by atoms with Gasteiger partial charge in [-0.3, -0.25) is 9.69 Å². The SMILES string of the molecule is Cc1nn([C@H](C)c2ccc(Cl)cc2Cl)c2nc(N3CC[C@H](N4CCC[C@H]4CCC(N)=O)[C@H](C)C3)cnc12. The van der Waals surface area contributed by atoms with Gasteiger partial charge in [-0.05, 0) is 69.7 Å². The summed E-state index contributed by atoms with van der Waals surface area (Å²) in [6.45, 7) is 9.28. The van der Waals surface area contributed by atoms with Crippen LogP contribution in [0.2, 0.25) is 10.0 Å². The van der Waals surface area contributed by atoms with Gasteiger partial charge in [0.15, 0.2) is 5.65 Å². The molecule has 2 aromatic heterocycles. The van der Waals surface area contributed by atoms with Crippen molar-refractivity contribution in [3.63, 3.8) is 0 Å². The van der Waals surface area contributed by atoms with Crippen LogP contribution < -0.4 is 10.6 Å². The summed E-state index contributed by atoms with van der Waals surface area (Å²) in [4.78, 5) is 26.1. The maximum atomic E-state index is 11.3. The number of anilines is 1. The summed E-state index contributed by atoms with van der Waals surface area (Å²) in [6.07, 6.45) is 6.61. The van der Waals surface area contributed by atoms with Crippen LogP contribution in [0.3, 0.4) is 0 Å². The second kappa shape index (κ2) is 10.8. The van der Waals surface area contributed by atoms with E-state index in [4.69, 9.17) is 44.0 Å². The third-order valence-electron chi connectivity index (χ3n) is 8.09. The Kier molecular flexibility index (Phi) is 7.61. The molecule has 4 atom stereocenters. The van der Waals surface area contributed by atoms with Crippen LogP contribution in [0.4, 0.5) is 5.82 Å². The molecule has 0 spiro atoms. The highest BCUT2D eigenvalue weighted by atomic mass is 35.5. The van der Waals surface area contributed by atoms with E-state index in [1.54, 1.807) is 6.07 Å². The molecule has 8 nitrogen and oxygen atoms in total. The fourth-order valence-electron chi connectivity index (χ4n) is 6.18. The Bertz CT molecular complexity index is 1300. The average Bonchev–Trinajstić information content (AvgIpc) is 3.46. The third kappa shape index (κ3) is 5.29. The number of rotatable bonds is 7. The molecule has 4 heterocycles. The Morgan fingerprint density at radius 2 is 2.05 bits per heavy atom. The Morgan fingerprint density at radius 3 is 2.78 bits per heavy atom. The van der Waals surface area contributed by atoms with Crippen molar-refractivity contribution in [3.05, 3.63) is 45.7 Å². The number of likely N-dealkylation sites (tertiary alicyclic amines) is 1. The lowest BCUT2D eigenvalue weighted by Gasteiger charge is -2.43. The van der Waals surface area contributed by atoms with Crippen molar-refractivity contribution in [1.82, 2.24) is 24.6 Å². The fourth-order valence-corrected chi connectivity index (χ4v) is 6.75. The molecule has 0 radical (unpaired) electrons. The van der Waals surface area contributed by atoms with Gasteiger partial charge in [0.05, 0.1) is 17.9 Å². The molecule has 1 amide bonds. The first-order valence-corrected chi connectivity index (χ1v) is 13.9. The van der Waals surface area contributed by atoms with Gasteiger partial charge in [0.1, 0.15) is 11.3 Å². The van der Waals surface area contributed by atoms with E-state index >= 15 is 0 Å². The molecule has 0 bridgehead atoms. The number of halogens is 2. The summed E-state index contributed by atoms with van der Waals surface area (Å²) in [5.41, 5.74) is 8.77. The molecule has 2 fully saturated rings. The van der Waals surface area contributed by atoms with E-state index in [2.05, 4.69) is 23.6 Å². The molecule has 198 valence electrons. The fraction of sp³-hybridized carbons (Fsp3) is 0.556. The first kappa shape index (κ1) is 26.2. The van der Waals surface area contributed by atoms with Gasteiger partial charge in [0.2, 0.25) is 5.91 Å². The molecule has 5 rings (SSSR count). The Labute approximate surface area is 228 Å². The third-order valence-corrected chi connectivity index (χ3v) is 8.66. The van der Waals surface area contributed by atoms with Crippen LogP contribution >= 0.6 is 23.2 Å². The average molecular weight is 545 g/mol. The van der Waals surface area contributed by atoms with Gasteiger partial charge in [-0.2, -0.15) is 5.10 Å². The van der Waals surface area contributed by atoms with Gasteiger partial charge in [0, 0.05) is 41.6 Å². The molecule has 10 heteroatoms. The topological polar surface area (TPSA) is 93.2 Å². The van der Waals surface area contributed by atoms with Crippen molar-refractivity contribution < 1.29 is 4.79 Å². The Morgan fingerprint density at radius 1 is 1.24 bits per heavy atom. The normalized spacial score (nSPS) is 23.6. The quantitative estimate of drug-likeness (QED) is 0.450. The van der Waals surface area contributed by atoms with Gasteiger partial charge >= 0.3 is 0 Å². The second-order valence-corrected chi connectivity index (χ2v) is 11.4. The summed E-state index contributed by atoms with van der Waals surface area (Å²) >= 11 is 12.6. The van der Waals surface area contributed by atoms with Crippen molar-refractivity contribution in [2.24, 2.45) is 11.7 Å². The molecule has 1 aromatic carbocycles. The van der Waals surface area contributed by atoms with Crippen LogP contribution in [-0.4, -0.2) is 62.3 Å². The number of nitrogens with zero attached hydrogens (tertiary/aromatic N) is 6. The molecule has 2 aliphatic rings. The van der Waals surface area contributed by atoms with Crippen LogP contribution in [0.15, 0.2) is 24.4 Å². The van der Waals surface area contributed by atoms with Gasteiger partial charge in [-0.1, -0.05) is 36.2 Å². The number of hydrogen-bond donors (Lipinski definition) is 1. The zero-order valence-corrected chi connectivity index (χ0v) is 23.2. The highest BCUT2D eigenvalue weighted by molar-refractivity contribution is 6.35. The lowest BCUT2D eigenvalue weighted by atomic mass is 9.91. The lowest BCUT2D eigenvalue weighted by Crippen LogP contribution is -2.52. The molecular formula is C27H35Cl2N7O. The van der Waals surface area contributed by atoms with Crippen LogP contribution in [0.5, 0.6) is 0 Å². The van der Waals surface area contributed by atoms with E-state index in [0.29, 0.717) is 34.5 Å². The van der Waals surface area contributed by atoms with Gasteiger partial charge in [-0.25, -0.2) is 14.6 Å². The molecule has 37 heavy (non-hydrogen) atoms. The number of benzene rings is 1. The van der Waals surface area contributed by atoms with Gasteiger partial charge in [0.25, 0.3) is 0 Å².